The number of carboxylic acids is 1. The second kappa shape index (κ2) is 7.69. The Morgan fingerprint density at radius 3 is 2.73 bits per heavy atom. The van der Waals surface area contributed by atoms with E-state index in [1.54, 1.807) is 6.20 Å². The third-order valence-corrected chi connectivity index (χ3v) is 5.08. The normalized spacial score (nSPS) is 23.0. The number of ether oxygens (including phenoxy) is 1. The Morgan fingerprint density at radius 2 is 2.14 bits per heavy atom. The van der Waals surface area contributed by atoms with Gasteiger partial charge in [0, 0.05) is 12.6 Å². The number of aromatic nitrogens is 1. The first-order valence-corrected chi connectivity index (χ1v) is 8.43. The van der Waals surface area contributed by atoms with Gasteiger partial charge in [-0.05, 0) is 39.5 Å². The van der Waals surface area contributed by atoms with Gasteiger partial charge in [-0.2, -0.15) is 0 Å². The number of carbonyl (C=O) groups excluding carboxylic acids is 1. The Bertz CT molecular complexity index is 523. The summed E-state index contributed by atoms with van der Waals surface area (Å²) in [5, 5.41) is 12.7. The number of rotatable bonds is 6. The van der Waals surface area contributed by atoms with Crippen LogP contribution < -0.4 is 5.32 Å². The summed E-state index contributed by atoms with van der Waals surface area (Å²) in [5.74, 6) is -1.14. The number of carboxylic acid groups (broad SMARTS) is 1. The number of hydrogen-bond acceptors (Lipinski definition) is 5. The molecule has 1 fully saturated rings. The summed E-state index contributed by atoms with van der Waals surface area (Å²) in [6, 6.07) is 0.0537. The fourth-order valence-electron chi connectivity index (χ4n) is 2.64. The number of hydrogen-bond donors (Lipinski definition) is 2. The van der Waals surface area contributed by atoms with E-state index in [9.17, 15) is 9.59 Å². The molecule has 2 rings (SSSR count). The highest BCUT2D eigenvalue weighted by atomic mass is 32.1. The van der Waals surface area contributed by atoms with E-state index in [-0.39, 0.29) is 24.0 Å². The van der Waals surface area contributed by atoms with E-state index in [1.165, 1.54) is 11.3 Å². The van der Waals surface area contributed by atoms with Gasteiger partial charge in [-0.15, -0.1) is 11.3 Å². The lowest BCUT2D eigenvalue weighted by atomic mass is 9.86. The predicted octanol–water partition coefficient (Wildman–Crippen LogP) is 2.61. The number of nitrogens with zero attached hydrogens (tertiary/aromatic N) is 1. The molecule has 2 N–H and O–H groups in total. The maximum atomic E-state index is 12.2. The molecule has 1 unspecified atom stereocenters. The van der Waals surface area contributed by atoms with Gasteiger partial charge in [0.05, 0.1) is 12.1 Å². The zero-order valence-electron chi connectivity index (χ0n) is 12.9. The fraction of sp³-hybridized carbons (Fsp3) is 0.667. The van der Waals surface area contributed by atoms with Crippen molar-refractivity contribution in [1.82, 2.24) is 10.3 Å². The number of carbonyl (C=O) groups is 2. The quantitative estimate of drug-likeness (QED) is 0.839. The summed E-state index contributed by atoms with van der Waals surface area (Å²) in [4.78, 5) is 28.0. The minimum absolute atomic E-state index is 0.0537. The molecule has 0 bridgehead atoms. The molecular formula is C15H22N2O4S. The first-order chi connectivity index (χ1) is 10.5. The average molecular weight is 326 g/mol. The summed E-state index contributed by atoms with van der Waals surface area (Å²) in [7, 11) is 0. The van der Waals surface area contributed by atoms with Crippen molar-refractivity contribution in [3.8, 4) is 0 Å². The lowest BCUT2D eigenvalue weighted by Gasteiger charge is -2.26. The molecule has 1 heterocycles. The molecule has 1 aliphatic carbocycles. The van der Waals surface area contributed by atoms with E-state index in [2.05, 4.69) is 10.3 Å². The molecule has 0 saturated heterocycles. The number of aliphatic carboxylic acids is 1. The van der Waals surface area contributed by atoms with Gasteiger partial charge in [0.2, 0.25) is 0 Å². The highest BCUT2D eigenvalue weighted by Gasteiger charge is 2.27. The molecular weight excluding hydrogens is 304 g/mol. The summed E-state index contributed by atoms with van der Waals surface area (Å²) >= 11 is 1.34. The van der Waals surface area contributed by atoms with Crippen LogP contribution in [0.25, 0.3) is 0 Å². The van der Waals surface area contributed by atoms with Crippen LogP contribution in [-0.4, -0.2) is 34.6 Å². The van der Waals surface area contributed by atoms with Gasteiger partial charge < -0.3 is 15.2 Å². The summed E-state index contributed by atoms with van der Waals surface area (Å²) in [5.41, 5.74) is 0. The Balaban J connectivity index is 1.86. The second-order valence-electron chi connectivity index (χ2n) is 5.52. The molecule has 6 nitrogen and oxygen atoms in total. The molecule has 7 heteroatoms. The predicted molar refractivity (Wildman–Crippen MR) is 83.0 cm³/mol. The topological polar surface area (TPSA) is 88.5 Å². The zero-order valence-corrected chi connectivity index (χ0v) is 13.7. The lowest BCUT2D eigenvalue weighted by molar-refractivity contribution is -0.142. The van der Waals surface area contributed by atoms with Crippen LogP contribution in [0.1, 0.15) is 60.3 Å². The molecule has 1 aromatic rings. The van der Waals surface area contributed by atoms with Crippen molar-refractivity contribution in [3.63, 3.8) is 0 Å². The van der Waals surface area contributed by atoms with E-state index >= 15 is 0 Å². The average Bonchev–Trinajstić information content (AvgIpc) is 2.98. The Hall–Kier alpha value is -1.47. The largest absolute Gasteiger partial charge is 0.481 e. The molecule has 0 aliphatic heterocycles. The monoisotopic (exact) mass is 326 g/mol. The highest BCUT2D eigenvalue weighted by Crippen LogP contribution is 2.26. The molecule has 122 valence electrons. The van der Waals surface area contributed by atoms with Crippen LogP contribution in [0.15, 0.2) is 6.20 Å². The molecule has 22 heavy (non-hydrogen) atoms. The second-order valence-corrected chi connectivity index (χ2v) is 6.58. The summed E-state index contributed by atoms with van der Waals surface area (Å²) in [6.45, 7) is 4.44. The van der Waals surface area contributed by atoms with Crippen molar-refractivity contribution in [3.05, 3.63) is 16.1 Å². The first kappa shape index (κ1) is 16.9. The maximum Gasteiger partial charge on any atom is 0.306 e. The van der Waals surface area contributed by atoms with E-state index in [0.29, 0.717) is 37.2 Å². The smallest absolute Gasteiger partial charge is 0.306 e. The van der Waals surface area contributed by atoms with E-state index < -0.39 is 5.97 Å². The van der Waals surface area contributed by atoms with Crippen molar-refractivity contribution in [2.24, 2.45) is 5.92 Å². The third-order valence-electron chi connectivity index (χ3n) is 3.92. The SMILES string of the molecule is CCOC(C)c1ncc(C(=O)NC2CCC(C(=O)O)CC2)s1. The van der Waals surface area contributed by atoms with Crippen molar-refractivity contribution >= 4 is 23.2 Å². The fourth-order valence-corrected chi connectivity index (χ4v) is 3.46. The van der Waals surface area contributed by atoms with Crippen molar-refractivity contribution < 1.29 is 19.4 Å². The Kier molecular flexibility index (Phi) is 5.90. The van der Waals surface area contributed by atoms with Crippen LogP contribution in [0.5, 0.6) is 0 Å². The Morgan fingerprint density at radius 1 is 1.45 bits per heavy atom. The van der Waals surface area contributed by atoms with Gasteiger partial charge in [-0.25, -0.2) is 4.98 Å². The number of amides is 1. The molecule has 1 aliphatic rings. The van der Waals surface area contributed by atoms with Gasteiger partial charge in [-0.3, -0.25) is 9.59 Å². The van der Waals surface area contributed by atoms with Crippen molar-refractivity contribution in [2.75, 3.05) is 6.61 Å². The van der Waals surface area contributed by atoms with Gasteiger partial charge in [-0.1, -0.05) is 0 Å². The van der Waals surface area contributed by atoms with Gasteiger partial charge in [0.1, 0.15) is 16.0 Å². The number of thiazole rings is 1. The molecule has 1 aromatic heterocycles. The molecule has 1 saturated carbocycles. The van der Waals surface area contributed by atoms with Crippen LogP contribution in [0.2, 0.25) is 0 Å². The van der Waals surface area contributed by atoms with Gasteiger partial charge >= 0.3 is 5.97 Å². The molecule has 0 aromatic carbocycles. The Labute approximate surface area is 133 Å². The molecule has 1 amide bonds. The highest BCUT2D eigenvalue weighted by molar-refractivity contribution is 7.13. The van der Waals surface area contributed by atoms with Gasteiger partial charge in [0.15, 0.2) is 0 Å². The van der Waals surface area contributed by atoms with Crippen LogP contribution >= 0.6 is 11.3 Å². The van der Waals surface area contributed by atoms with Crippen LogP contribution in [-0.2, 0) is 9.53 Å². The summed E-state index contributed by atoms with van der Waals surface area (Å²) < 4.78 is 5.47. The van der Waals surface area contributed by atoms with E-state index in [0.717, 1.165) is 5.01 Å². The molecule has 1 atom stereocenters. The van der Waals surface area contributed by atoms with Crippen LogP contribution in [0, 0.1) is 5.92 Å². The van der Waals surface area contributed by atoms with Crippen LogP contribution in [0.4, 0.5) is 0 Å². The van der Waals surface area contributed by atoms with Gasteiger partial charge in [0.25, 0.3) is 5.91 Å². The third kappa shape index (κ3) is 4.27. The minimum Gasteiger partial charge on any atom is -0.481 e. The molecule has 0 spiro atoms. The lowest BCUT2D eigenvalue weighted by Crippen LogP contribution is -2.38. The molecule has 0 radical (unpaired) electrons. The van der Waals surface area contributed by atoms with Crippen LogP contribution in [0.3, 0.4) is 0 Å². The van der Waals surface area contributed by atoms with E-state index in [4.69, 9.17) is 9.84 Å². The van der Waals surface area contributed by atoms with Crippen molar-refractivity contribution in [1.29, 1.82) is 0 Å². The maximum absolute atomic E-state index is 12.2. The van der Waals surface area contributed by atoms with E-state index in [1.807, 2.05) is 13.8 Å². The minimum atomic E-state index is -0.734. The van der Waals surface area contributed by atoms with Crippen molar-refractivity contribution in [2.45, 2.75) is 51.7 Å². The summed E-state index contributed by atoms with van der Waals surface area (Å²) in [6.07, 6.45) is 4.13. The standard InChI is InChI=1S/C15H22N2O4S/c1-3-21-9(2)14-16-8-12(22-14)13(18)17-11-6-4-10(5-7-11)15(19)20/h8-11H,3-7H2,1-2H3,(H,17,18)(H,19,20). The number of nitrogens with one attached hydrogen (secondary N) is 1. The zero-order chi connectivity index (χ0) is 16.1. The first-order valence-electron chi connectivity index (χ1n) is 7.62.